The summed E-state index contributed by atoms with van der Waals surface area (Å²) < 4.78 is 8.41. The molecular weight excluding hydrogens is 320 g/mol. The van der Waals surface area contributed by atoms with Crippen molar-refractivity contribution in [1.29, 1.82) is 0 Å². The summed E-state index contributed by atoms with van der Waals surface area (Å²) >= 11 is 1.56. The highest BCUT2D eigenvalue weighted by Crippen LogP contribution is 2.19. The molecule has 0 aliphatic rings. The van der Waals surface area contributed by atoms with Crippen molar-refractivity contribution >= 4 is 27.5 Å². The SMILES string of the molecule is CCCn1c(=NC(=O)c2ccc(OC)cc2)sc2cc(C)ccc21. The fourth-order valence-electron chi connectivity index (χ4n) is 2.59. The van der Waals surface area contributed by atoms with E-state index in [0.29, 0.717) is 5.56 Å². The first-order valence-corrected chi connectivity index (χ1v) is 8.77. The number of fused-ring (bicyclic) bond motifs is 1. The lowest BCUT2D eigenvalue weighted by Crippen LogP contribution is -2.16. The van der Waals surface area contributed by atoms with Gasteiger partial charge in [-0.15, -0.1) is 0 Å². The van der Waals surface area contributed by atoms with Crippen LogP contribution in [0.25, 0.3) is 10.2 Å². The molecule has 0 aliphatic carbocycles. The van der Waals surface area contributed by atoms with Crippen LogP contribution in [0.3, 0.4) is 0 Å². The number of nitrogens with zero attached hydrogens (tertiary/aromatic N) is 2. The van der Waals surface area contributed by atoms with Crippen molar-refractivity contribution in [1.82, 2.24) is 4.57 Å². The highest BCUT2D eigenvalue weighted by molar-refractivity contribution is 7.16. The van der Waals surface area contributed by atoms with E-state index in [0.717, 1.165) is 33.7 Å². The van der Waals surface area contributed by atoms with Gasteiger partial charge in [-0.2, -0.15) is 4.99 Å². The molecule has 0 saturated heterocycles. The largest absolute Gasteiger partial charge is 0.497 e. The van der Waals surface area contributed by atoms with Gasteiger partial charge in [-0.25, -0.2) is 0 Å². The molecule has 1 aromatic heterocycles. The molecular formula is C19H20N2O2S. The van der Waals surface area contributed by atoms with E-state index in [1.54, 1.807) is 42.7 Å². The number of hydrogen-bond donors (Lipinski definition) is 0. The third-order valence-electron chi connectivity index (χ3n) is 3.82. The van der Waals surface area contributed by atoms with E-state index >= 15 is 0 Å². The number of amides is 1. The Morgan fingerprint density at radius 3 is 2.62 bits per heavy atom. The molecule has 3 aromatic rings. The average molecular weight is 340 g/mol. The number of benzene rings is 2. The van der Waals surface area contributed by atoms with E-state index in [2.05, 4.69) is 41.6 Å². The molecule has 0 radical (unpaired) electrons. The van der Waals surface area contributed by atoms with Gasteiger partial charge in [0.05, 0.1) is 17.3 Å². The van der Waals surface area contributed by atoms with Gasteiger partial charge < -0.3 is 9.30 Å². The Kier molecular flexibility index (Phi) is 4.81. The second-order valence-electron chi connectivity index (χ2n) is 5.65. The zero-order valence-corrected chi connectivity index (χ0v) is 14.9. The number of thiazole rings is 1. The molecule has 0 saturated carbocycles. The monoisotopic (exact) mass is 340 g/mol. The third kappa shape index (κ3) is 3.26. The molecule has 0 fully saturated rings. The topological polar surface area (TPSA) is 43.6 Å². The minimum atomic E-state index is -0.231. The molecule has 0 unspecified atom stereocenters. The van der Waals surface area contributed by atoms with Gasteiger partial charge in [-0.3, -0.25) is 4.79 Å². The quantitative estimate of drug-likeness (QED) is 0.715. The number of aryl methyl sites for hydroxylation is 2. The molecule has 1 amide bonds. The van der Waals surface area contributed by atoms with Gasteiger partial charge in [0.2, 0.25) is 0 Å². The van der Waals surface area contributed by atoms with Crippen LogP contribution in [0.1, 0.15) is 29.3 Å². The third-order valence-corrected chi connectivity index (χ3v) is 4.86. The van der Waals surface area contributed by atoms with Gasteiger partial charge in [-0.1, -0.05) is 24.3 Å². The Hall–Kier alpha value is -2.40. The van der Waals surface area contributed by atoms with Crippen molar-refractivity contribution in [3.63, 3.8) is 0 Å². The Labute approximate surface area is 145 Å². The molecule has 24 heavy (non-hydrogen) atoms. The lowest BCUT2D eigenvalue weighted by molar-refractivity contribution is 0.0998. The van der Waals surface area contributed by atoms with Gasteiger partial charge in [0.1, 0.15) is 5.75 Å². The fourth-order valence-corrected chi connectivity index (χ4v) is 3.74. The maximum Gasteiger partial charge on any atom is 0.279 e. The molecule has 1 heterocycles. The minimum Gasteiger partial charge on any atom is -0.497 e. The van der Waals surface area contributed by atoms with Crippen LogP contribution in [0.5, 0.6) is 5.75 Å². The molecule has 4 nitrogen and oxygen atoms in total. The van der Waals surface area contributed by atoms with Crippen LogP contribution in [0.4, 0.5) is 0 Å². The predicted molar refractivity (Wildman–Crippen MR) is 97.7 cm³/mol. The van der Waals surface area contributed by atoms with Gasteiger partial charge in [0, 0.05) is 12.1 Å². The van der Waals surface area contributed by atoms with Crippen molar-refractivity contribution in [2.24, 2.45) is 4.99 Å². The first-order chi connectivity index (χ1) is 11.6. The smallest absolute Gasteiger partial charge is 0.279 e. The first kappa shape index (κ1) is 16.5. The normalized spacial score (nSPS) is 11.9. The van der Waals surface area contributed by atoms with Gasteiger partial charge in [-0.05, 0) is 55.3 Å². The Balaban J connectivity index is 2.07. The van der Waals surface area contributed by atoms with E-state index in [4.69, 9.17) is 4.74 Å². The van der Waals surface area contributed by atoms with E-state index in [1.165, 1.54) is 5.56 Å². The maximum atomic E-state index is 12.5. The van der Waals surface area contributed by atoms with Crippen molar-refractivity contribution in [2.45, 2.75) is 26.8 Å². The molecule has 5 heteroatoms. The van der Waals surface area contributed by atoms with Crippen molar-refractivity contribution in [3.8, 4) is 5.75 Å². The number of aromatic nitrogens is 1. The van der Waals surface area contributed by atoms with Gasteiger partial charge in [0.25, 0.3) is 5.91 Å². The second kappa shape index (κ2) is 7.01. The molecule has 0 bridgehead atoms. The molecule has 0 N–H and O–H groups in total. The van der Waals surface area contributed by atoms with Crippen molar-refractivity contribution < 1.29 is 9.53 Å². The Bertz CT molecular complexity index is 936. The highest BCUT2D eigenvalue weighted by atomic mass is 32.1. The lowest BCUT2D eigenvalue weighted by Gasteiger charge is -2.03. The molecule has 0 atom stereocenters. The summed E-state index contributed by atoms with van der Waals surface area (Å²) in [5.74, 6) is 0.496. The zero-order valence-electron chi connectivity index (χ0n) is 14.1. The summed E-state index contributed by atoms with van der Waals surface area (Å²) in [4.78, 5) is 17.6. The molecule has 124 valence electrons. The lowest BCUT2D eigenvalue weighted by atomic mass is 10.2. The molecule has 2 aromatic carbocycles. The number of ether oxygens (including phenoxy) is 1. The minimum absolute atomic E-state index is 0.231. The van der Waals surface area contributed by atoms with Crippen molar-refractivity contribution in [2.75, 3.05) is 7.11 Å². The summed E-state index contributed by atoms with van der Waals surface area (Å²) in [6, 6.07) is 13.4. The maximum absolute atomic E-state index is 12.5. The average Bonchev–Trinajstić information content (AvgIpc) is 2.91. The van der Waals surface area contributed by atoms with E-state index in [1.807, 2.05) is 0 Å². The summed E-state index contributed by atoms with van der Waals surface area (Å²) in [6.07, 6.45) is 0.990. The number of methoxy groups -OCH3 is 1. The predicted octanol–water partition coefficient (Wildman–Crippen LogP) is 4.17. The van der Waals surface area contributed by atoms with Gasteiger partial charge in [0.15, 0.2) is 4.80 Å². The standard InChI is InChI=1S/C19H20N2O2S/c1-4-11-21-16-10-5-13(2)12-17(16)24-19(21)20-18(22)14-6-8-15(23-3)9-7-14/h5-10,12H,4,11H2,1-3H3. The van der Waals surface area contributed by atoms with E-state index < -0.39 is 0 Å². The number of hydrogen-bond acceptors (Lipinski definition) is 3. The number of carbonyl (C=O) groups excluding carboxylic acids is 1. The molecule has 0 spiro atoms. The van der Waals surface area contributed by atoms with Crippen LogP contribution in [0.2, 0.25) is 0 Å². The van der Waals surface area contributed by atoms with Crippen LogP contribution in [0, 0.1) is 6.92 Å². The van der Waals surface area contributed by atoms with Crippen LogP contribution in [-0.4, -0.2) is 17.6 Å². The van der Waals surface area contributed by atoms with Crippen molar-refractivity contribution in [3.05, 3.63) is 58.4 Å². The Morgan fingerprint density at radius 1 is 1.21 bits per heavy atom. The van der Waals surface area contributed by atoms with E-state index in [9.17, 15) is 4.79 Å². The summed E-state index contributed by atoms with van der Waals surface area (Å²) in [5.41, 5.74) is 2.90. The summed E-state index contributed by atoms with van der Waals surface area (Å²) in [6.45, 7) is 5.04. The number of carbonyl (C=O) groups is 1. The van der Waals surface area contributed by atoms with Crippen LogP contribution >= 0.6 is 11.3 Å². The highest BCUT2D eigenvalue weighted by Gasteiger charge is 2.09. The van der Waals surface area contributed by atoms with Gasteiger partial charge >= 0.3 is 0 Å². The molecule has 0 aliphatic heterocycles. The number of rotatable bonds is 4. The summed E-state index contributed by atoms with van der Waals surface area (Å²) in [5, 5.41) is 0. The summed E-state index contributed by atoms with van der Waals surface area (Å²) in [7, 11) is 1.61. The first-order valence-electron chi connectivity index (χ1n) is 7.95. The Morgan fingerprint density at radius 2 is 1.96 bits per heavy atom. The second-order valence-corrected chi connectivity index (χ2v) is 6.66. The van der Waals surface area contributed by atoms with Crippen LogP contribution in [-0.2, 0) is 6.54 Å². The fraction of sp³-hybridized carbons (Fsp3) is 0.263. The zero-order chi connectivity index (χ0) is 17.1. The van der Waals surface area contributed by atoms with E-state index in [-0.39, 0.29) is 5.91 Å². The van der Waals surface area contributed by atoms with Crippen LogP contribution in [0.15, 0.2) is 47.5 Å². The van der Waals surface area contributed by atoms with Crippen LogP contribution < -0.4 is 9.54 Å². The molecule has 3 rings (SSSR count).